The molecular weight excluding hydrogens is 510 g/mol. The van der Waals surface area contributed by atoms with Crippen molar-refractivity contribution in [3.05, 3.63) is 126 Å². The van der Waals surface area contributed by atoms with Gasteiger partial charge in [-0.1, -0.05) is 13.2 Å². The van der Waals surface area contributed by atoms with Crippen LogP contribution in [0.25, 0.3) is 16.6 Å². The standard InChI is InChI=1S/C32H26F2N4O2/c1-18(2)22-15-27-31(36-17-22)29(12-13-35-27)40-28-11-8-24(16-26(28)34)37-32(39)30-19(3)14-20(4)38(21(30)5)25-9-6-23(33)7-10-25/h6-17H,1,5H2,2-4H3,(H,37,39). The molecule has 0 bridgehead atoms. The Balaban J connectivity index is 1.36. The van der Waals surface area contributed by atoms with Crippen molar-refractivity contribution < 1.29 is 18.3 Å². The van der Waals surface area contributed by atoms with E-state index in [9.17, 15) is 9.18 Å². The van der Waals surface area contributed by atoms with Crippen LogP contribution in [0.1, 0.15) is 26.3 Å². The average Bonchev–Trinajstić information content (AvgIpc) is 2.90. The van der Waals surface area contributed by atoms with Gasteiger partial charge in [-0.3, -0.25) is 14.8 Å². The highest BCUT2D eigenvalue weighted by molar-refractivity contribution is 6.09. The SMILES string of the molecule is C=C(C)c1cnc2c(Oc3ccc(NC(=O)C4=C(C)C=C(C)N(c5ccc(F)cc5)C4=C)cc3F)ccnc2c1. The zero-order chi connectivity index (χ0) is 28.6. The molecule has 3 heterocycles. The number of ether oxygens (including phenoxy) is 1. The van der Waals surface area contributed by atoms with Crippen LogP contribution in [-0.4, -0.2) is 15.9 Å². The molecule has 2 aromatic heterocycles. The minimum Gasteiger partial charge on any atom is -0.452 e. The van der Waals surface area contributed by atoms with Crippen LogP contribution in [0.4, 0.5) is 20.2 Å². The monoisotopic (exact) mass is 536 g/mol. The number of allylic oxidation sites excluding steroid dienone is 4. The smallest absolute Gasteiger partial charge is 0.258 e. The van der Waals surface area contributed by atoms with Gasteiger partial charge < -0.3 is 15.0 Å². The van der Waals surface area contributed by atoms with Gasteiger partial charge in [0.15, 0.2) is 17.3 Å². The van der Waals surface area contributed by atoms with Gasteiger partial charge in [-0.25, -0.2) is 8.78 Å². The molecule has 0 fully saturated rings. The van der Waals surface area contributed by atoms with Crippen LogP contribution < -0.4 is 15.0 Å². The third-order valence-electron chi connectivity index (χ3n) is 6.49. The van der Waals surface area contributed by atoms with Gasteiger partial charge in [0.2, 0.25) is 0 Å². The number of hydrogen-bond acceptors (Lipinski definition) is 5. The molecule has 1 aliphatic heterocycles. The van der Waals surface area contributed by atoms with Crippen LogP contribution in [-0.2, 0) is 4.79 Å². The summed E-state index contributed by atoms with van der Waals surface area (Å²) in [5.74, 6) is -1.18. The molecule has 0 spiro atoms. The number of carbonyl (C=O) groups is 1. The summed E-state index contributed by atoms with van der Waals surface area (Å²) in [7, 11) is 0. The molecule has 0 aliphatic carbocycles. The summed E-state index contributed by atoms with van der Waals surface area (Å²) >= 11 is 0. The average molecular weight is 537 g/mol. The fourth-order valence-corrected chi connectivity index (χ4v) is 4.56. The lowest BCUT2D eigenvalue weighted by Gasteiger charge is -2.32. The van der Waals surface area contributed by atoms with Crippen molar-refractivity contribution in [1.82, 2.24) is 9.97 Å². The van der Waals surface area contributed by atoms with Crippen molar-refractivity contribution in [3.8, 4) is 11.5 Å². The first-order valence-electron chi connectivity index (χ1n) is 12.5. The minimum atomic E-state index is -0.668. The van der Waals surface area contributed by atoms with Gasteiger partial charge in [0.1, 0.15) is 11.3 Å². The number of halogens is 2. The summed E-state index contributed by atoms with van der Waals surface area (Å²) in [6.45, 7) is 13.6. The Morgan fingerprint density at radius 1 is 1.00 bits per heavy atom. The Hall–Kier alpha value is -5.11. The minimum absolute atomic E-state index is 0.0326. The molecule has 0 saturated carbocycles. The van der Waals surface area contributed by atoms with Gasteiger partial charge in [-0.2, -0.15) is 0 Å². The highest BCUT2D eigenvalue weighted by atomic mass is 19.1. The van der Waals surface area contributed by atoms with E-state index in [1.807, 2.05) is 26.0 Å². The van der Waals surface area contributed by atoms with Gasteiger partial charge in [-0.05, 0) is 86.0 Å². The highest BCUT2D eigenvalue weighted by Crippen LogP contribution is 2.35. The van der Waals surface area contributed by atoms with Gasteiger partial charge in [0, 0.05) is 41.6 Å². The van der Waals surface area contributed by atoms with Gasteiger partial charge in [0.05, 0.1) is 16.8 Å². The Kier molecular flexibility index (Phi) is 7.00. The Morgan fingerprint density at radius 3 is 2.45 bits per heavy atom. The second kappa shape index (κ2) is 10.6. The third-order valence-corrected chi connectivity index (χ3v) is 6.49. The summed E-state index contributed by atoms with van der Waals surface area (Å²) in [6.07, 6.45) is 5.07. The Labute approximate surface area is 230 Å². The lowest BCUT2D eigenvalue weighted by molar-refractivity contribution is -0.112. The van der Waals surface area contributed by atoms with E-state index >= 15 is 4.39 Å². The number of nitrogens with one attached hydrogen (secondary N) is 1. The molecule has 1 amide bonds. The zero-order valence-corrected chi connectivity index (χ0v) is 22.3. The predicted octanol–water partition coefficient (Wildman–Crippen LogP) is 7.93. The van der Waals surface area contributed by atoms with Crippen LogP contribution in [0.3, 0.4) is 0 Å². The molecular formula is C32H26F2N4O2. The summed E-state index contributed by atoms with van der Waals surface area (Å²) in [5.41, 5.74) is 5.97. The zero-order valence-electron chi connectivity index (χ0n) is 22.3. The van der Waals surface area contributed by atoms with E-state index in [1.165, 1.54) is 24.3 Å². The molecule has 2 aromatic carbocycles. The second-order valence-corrected chi connectivity index (χ2v) is 9.48. The second-order valence-electron chi connectivity index (χ2n) is 9.48. The molecule has 6 nitrogen and oxygen atoms in total. The fraction of sp³-hybridized carbons (Fsp3) is 0.0938. The number of carbonyl (C=O) groups excluding carboxylic acids is 1. The number of pyridine rings is 2. The number of fused-ring (bicyclic) bond motifs is 1. The van der Waals surface area contributed by atoms with Crippen molar-refractivity contribution in [1.29, 1.82) is 0 Å². The number of nitrogens with zero attached hydrogens (tertiary/aromatic N) is 3. The maximum absolute atomic E-state index is 15.1. The summed E-state index contributed by atoms with van der Waals surface area (Å²) in [6, 6.07) is 13.5. The summed E-state index contributed by atoms with van der Waals surface area (Å²) in [4.78, 5) is 23.8. The Bertz CT molecular complexity index is 1760. The lowest BCUT2D eigenvalue weighted by Crippen LogP contribution is -2.30. The van der Waals surface area contributed by atoms with Crippen molar-refractivity contribution in [2.75, 3.05) is 10.2 Å². The number of hydrogen-bond donors (Lipinski definition) is 1. The van der Waals surface area contributed by atoms with Crippen LogP contribution in [0.5, 0.6) is 11.5 Å². The van der Waals surface area contributed by atoms with E-state index < -0.39 is 11.7 Å². The third kappa shape index (κ3) is 5.11. The molecule has 40 heavy (non-hydrogen) atoms. The topological polar surface area (TPSA) is 67.3 Å². The van der Waals surface area contributed by atoms with E-state index in [0.717, 1.165) is 16.8 Å². The maximum atomic E-state index is 15.1. The van der Waals surface area contributed by atoms with Crippen molar-refractivity contribution in [2.24, 2.45) is 0 Å². The number of aromatic nitrogens is 2. The number of amides is 1. The molecule has 0 radical (unpaired) electrons. The van der Waals surface area contributed by atoms with E-state index in [2.05, 4.69) is 28.4 Å². The number of benzene rings is 2. The largest absolute Gasteiger partial charge is 0.452 e. The van der Waals surface area contributed by atoms with E-state index in [-0.39, 0.29) is 17.3 Å². The molecule has 200 valence electrons. The molecule has 0 saturated heterocycles. The van der Waals surface area contributed by atoms with E-state index in [1.54, 1.807) is 48.5 Å². The quantitative estimate of drug-likeness (QED) is 0.271. The first kappa shape index (κ1) is 26.5. The first-order chi connectivity index (χ1) is 19.1. The molecule has 8 heteroatoms. The van der Waals surface area contributed by atoms with Gasteiger partial charge in [0.25, 0.3) is 5.91 Å². The molecule has 4 aromatic rings. The number of rotatable bonds is 6. The molecule has 1 N–H and O–H groups in total. The molecule has 0 unspecified atom stereocenters. The van der Waals surface area contributed by atoms with Crippen LogP contribution in [0.15, 0.2) is 109 Å². The fourth-order valence-electron chi connectivity index (χ4n) is 4.56. The van der Waals surface area contributed by atoms with Crippen molar-refractivity contribution in [2.45, 2.75) is 20.8 Å². The normalized spacial score (nSPS) is 13.4. The molecule has 5 rings (SSSR count). The van der Waals surface area contributed by atoms with Crippen molar-refractivity contribution >= 4 is 33.9 Å². The summed E-state index contributed by atoms with van der Waals surface area (Å²) < 4.78 is 34.4. The highest BCUT2D eigenvalue weighted by Gasteiger charge is 2.27. The van der Waals surface area contributed by atoms with E-state index in [4.69, 9.17) is 4.74 Å². The van der Waals surface area contributed by atoms with Crippen LogP contribution in [0.2, 0.25) is 0 Å². The maximum Gasteiger partial charge on any atom is 0.258 e. The van der Waals surface area contributed by atoms with Crippen LogP contribution in [0, 0.1) is 11.6 Å². The van der Waals surface area contributed by atoms with E-state index in [0.29, 0.717) is 39.3 Å². The Morgan fingerprint density at radius 2 is 1.75 bits per heavy atom. The molecule has 1 aliphatic rings. The van der Waals surface area contributed by atoms with Crippen LogP contribution >= 0.6 is 0 Å². The lowest BCUT2D eigenvalue weighted by atomic mass is 9.98. The number of anilines is 2. The van der Waals surface area contributed by atoms with Gasteiger partial charge in [-0.15, -0.1) is 0 Å². The van der Waals surface area contributed by atoms with Gasteiger partial charge >= 0.3 is 0 Å². The predicted molar refractivity (Wildman–Crippen MR) is 154 cm³/mol. The summed E-state index contributed by atoms with van der Waals surface area (Å²) in [5, 5.41) is 2.75. The molecule has 0 atom stereocenters. The first-order valence-corrected chi connectivity index (χ1v) is 12.5. The van der Waals surface area contributed by atoms with Crippen molar-refractivity contribution in [3.63, 3.8) is 0 Å².